The monoisotopic (exact) mass is 272 g/mol. The third-order valence-electron chi connectivity index (χ3n) is 4.99. The lowest BCUT2D eigenvalue weighted by Crippen LogP contribution is -2.43. The number of nitrogens with one attached hydrogen (secondary N) is 2. The van der Waals surface area contributed by atoms with Crippen LogP contribution in [0.2, 0.25) is 0 Å². The van der Waals surface area contributed by atoms with Crippen LogP contribution in [0.1, 0.15) is 45.4 Å². The molecule has 3 rings (SSSR count). The highest BCUT2D eigenvalue weighted by Crippen LogP contribution is 2.37. The Kier molecular flexibility index (Phi) is 4.54. The van der Waals surface area contributed by atoms with E-state index in [9.17, 15) is 4.79 Å². The highest BCUT2D eigenvalue weighted by atomic mass is 35.5. The Bertz CT molecular complexity index is 296. The molecule has 0 aromatic heterocycles. The van der Waals surface area contributed by atoms with E-state index in [0.29, 0.717) is 6.04 Å². The predicted molar refractivity (Wildman–Crippen MR) is 74.8 cm³/mol. The number of fused-ring (bicyclic) bond motifs is 1. The summed E-state index contributed by atoms with van der Waals surface area (Å²) in [5, 5.41) is 6.66. The van der Waals surface area contributed by atoms with Crippen LogP contribution in [0.15, 0.2) is 0 Å². The molecule has 3 aliphatic rings. The molecule has 4 heteroatoms. The van der Waals surface area contributed by atoms with Crippen LogP contribution in [0.3, 0.4) is 0 Å². The summed E-state index contributed by atoms with van der Waals surface area (Å²) in [4.78, 5) is 12.1. The Morgan fingerprint density at radius 3 is 2.67 bits per heavy atom. The molecule has 5 atom stereocenters. The average molecular weight is 273 g/mol. The average Bonchev–Trinajstić information content (AvgIpc) is 2.89. The van der Waals surface area contributed by atoms with Crippen LogP contribution in [0.4, 0.5) is 0 Å². The molecule has 1 saturated heterocycles. The smallest absolute Gasteiger partial charge is 0.237 e. The van der Waals surface area contributed by atoms with Gasteiger partial charge in [-0.25, -0.2) is 0 Å². The summed E-state index contributed by atoms with van der Waals surface area (Å²) < 4.78 is 0. The summed E-state index contributed by atoms with van der Waals surface area (Å²) in [7, 11) is 0. The second-order valence-electron chi connectivity index (χ2n) is 6.32. The summed E-state index contributed by atoms with van der Waals surface area (Å²) in [6.45, 7) is 3.16. The molecule has 2 saturated carbocycles. The van der Waals surface area contributed by atoms with Crippen LogP contribution in [0.5, 0.6) is 0 Å². The highest BCUT2D eigenvalue weighted by Gasteiger charge is 2.39. The Morgan fingerprint density at radius 1 is 1.28 bits per heavy atom. The van der Waals surface area contributed by atoms with E-state index in [0.717, 1.165) is 30.7 Å². The van der Waals surface area contributed by atoms with Crippen LogP contribution < -0.4 is 10.6 Å². The zero-order valence-electron chi connectivity index (χ0n) is 11.2. The van der Waals surface area contributed by atoms with Crippen LogP contribution >= 0.6 is 12.4 Å². The molecule has 2 aliphatic carbocycles. The lowest BCUT2D eigenvalue weighted by Gasteiger charge is -2.24. The maximum absolute atomic E-state index is 12.1. The van der Waals surface area contributed by atoms with Gasteiger partial charge in [-0.05, 0) is 43.4 Å². The minimum Gasteiger partial charge on any atom is -0.354 e. The first-order valence-corrected chi connectivity index (χ1v) is 7.28. The van der Waals surface area contributed by atoms with Crippen LogP contribution in [0.25, 0.3) is 0 Å². The van der Waals surface area contributed by atoms with Crippen LogP contribution in [0, 0.1) is 17.8 Å². The van der Waals surface area contributed by atoms with Crippen molar-refractivity contribution in [2.45, 2.75) is 57.5 Å². The number of carbonyl (C=O) groups excluding carboxylic acids is 1. The van der Waals surface area contributed by atoms with Crippen molar-refractivity contribution in [3.8, 4) is 0 Å². The molecule has 0 spiro atoms. The van der Waals surface area contributed by atoms with Gasteiger partial charge in [0.2, 0.25) is 5.91 Å². The van der Waals surface area contributed by atoms with Gasteiger partial charge < -0.3 is 10.6 Å². The molecule has 1 amide bonds. The second kappa shape index (κ2) is 5.79. The van der Waals surface area contributed by atoms with Crippen molar-refractivity contribution in [1.29, 1.82) is 0 Å². The summed E-state index contributed by atoms with van der Waals surface area (Å²) in [6.07, 6.45) is 7.65. The van der Waals surface area contributed by atoms with E-state index in [4.69, 9.17) is 0 Å². The normalized spacial score (nSPS) is 41.7. The maximum atomic E-state index is 12.1. The molecule has 2 N–H and O–H groups in total. The fourth-order valence-electron chi connectivity index (χ4n) is 3.56. The molecule has 0 bridgehead atoms. The molecule has 3 nitrogen and oxygen atoms in total. The van der Waals surface area contributed by atoms with Gasteiger partial charge in [0.1, 0.15) is 0 Å². The molecule has 0 aromatic rings. The van der Waals surface area contributed by atoms with Gasteiger partial charge in [0, 0.05) is 12.6 Å². The third kappa shape index (κ3) is 3.00. The first-order valence-electron chi connectivity index (χ1n) is 7.28. The fourth-order valence-corrected chi connectivity index (χ4v) is 3.56. The molecule has 0 radical (unpaired) electrons. The van der Waals surface area contributed by atoms with Gasteiger partial charge in [-0.3, -0.25) is 4.79 Å². The number of amides is 1. The molecule has 3 fully saturated rings. The van der Waals surface area contributed by atoms with Gasteiger partial charge in [0.25, 0.3) is 0 Å². The third-order valence-corrected chi connectivity index (χ3v) is 4.99. The van der Waals surface area contributed by atoms with Crippen molar-refractivity contribution in [2.24, 2.45) is 17.8 Å². The largest absolute Gasteiger partial charge is 0.354 e. The van der Waals surface area contributed by atoms with E-state index in [-0.39, 0.29) is 24.4 Å². The minimum absolute atomic E-state index is 0. The van der Waals surface area contributed by atoms with Gasteiger partial charge in [0.05, 0.1) is 6.04 Å². The quantitative estimate of drug-likeness (QED) is 0.826. The molecule has 104 valence electrons. The van der Waals surface area contributed by atoms with E-state index in [1.165, 1.54) is 32.1 Å². The first kappa shape index (κ1) is 14.1. The van der Waals surface area contributed by atoms with Crippen LogP contribution in [-0.2, 0) is 4.79 Å². The lowest BCUT2D eigenvalue weighted by molar-refractivity contribution is -0.122. The Labute approximate surface area is 116 Å². The predicted octanol–water partition coefficient (Wildman–Crippen LogP) is 2.10. The Hall–Kier alpha value is -0.280. The molecule has 0 aromatic carbocycles. The van der Waals surface area contributed by atoms with E-state index < -0.39 is 0 Å². The summed E-state index contributed by atoms with van der Waals surface area (Å²) in [5.41, 5.74) is 0. The maximum Gasteiger partial charge on any atom is 0.237 e. The van der Waals surface area contributed by atoms with Crippen LogP contribution in [-0.4, -0.2) is 24.5 Å². The standard InChI is InChI=1S/C14H24N2O.ClH/c1-9-6-11(9)8-15-14(17)13-7-10-4-2-3-5-12(10)16-13;/h9-13,16H,2-8H2,1H3,(H,15,17);1H. The number of hydrogen-bond acceptors (Lipinski definition) is 2. The van der Waals surface area contributed by atoms with Crippen molar-refractivity contribution in [3.63, 3.8) is 0 Å². The molecule has 1 aliphatic heterocycles. The first-order chi connectivity index (χ1) is 8.24. The molecule has 18 heavy (non-hydrogen) atoms. The number of halogens is 1. The van der Waals surface area contributed by atoms with E-state index in [1.54, 1.807) is 0 Å². The second-order valence-corrected chi connectivity index (χ2v) is 6.32. The number of carbonyl (C=O) groups is 1. The highest BCUT2D eigenvalue weighted by molar-refractivity contribution is 5.85. The number of hydrogen-bond donors (Lipinski definition) is 2. The number of rotatable bonds is 3. The molecule has 5 unspecified atom stereocenters. The lowest BCUT2D eigenvalue weighted by atomic mass is 9.85. The zero-order chi connectivity index (χ0) is 11.8. The summed E-state index contributed by atoms with van der Waals surface area (Å²) >= 11 is 0. The summed E-state index contributed by atoms with van der Waals surface area (Å²) in [6, 6.07) is 0.719. The van der Waals surface area contributed by atoms with Crippen molar-refractivity contribution in [2.75, 3.05) is 6.54 Å². The van der Waals surface area contributed by atoms with Crippen molar-refractivity contribution in [3.05, 3.63) is 0 Å². The van der Waals surface area contributed by atoms with Gasteiger partial charge in [-0.1, -0.05) is 19.8 Å². The van der Waals surface area contributed by atoms with E-state index in [2.05, 4.69) is 17.6 Å². The molecular weight excluding hydrogens is 248 g/mol. The van der Waals surface area contributed by atoms with Crippen molar-refractivity contribution >= 4 is 18.3 Å². The summed E-state index contributed by atoms with van der Waals surface area (Å²) in [5.74, 6) is 2.59. The van der Waals surface area contributed by atoms with Gasteiger partial charge >= 0.3 is 0 Å². The molecular formula is C14H25ClN2O. The topological polar surface area (TPSA) is 41.1 Å². The van der Waals surface area contributed by atoms with E-state index in [1.807, 2.05) is 0 Å². The minimum atomic E-state index is 0. The van der Waals surface area contributed by atoms with Crippen molar-refractivity contribution in [1.82, 2.24) is 10.6 Å². The fraction of sp³-hybridized carbons (Fsp3) is 0.929. The van der Waals surface area contributed by atoms with Gasteiger partial charge in [-0.2, -0.15) is 0 Å². The van der Waals surface area contributed by atoms with Gasteiger partial charge in [0.15, 0.2) is 0 Å². The van der Waals surface area contributed by atoms with E-state index >= 15 is 0 Å². The Morgan fingerprint density at radius 2 is 2.00 bits per heavy atom. The Balaban J connectivity index is 0.00000120. The van der Waals surface area contributed by atoms with Crippen molar-refractivity contribution < 1.29 is 4.79 Å². The zero-order valence-corrected chi connectivity index (χ0v) is 12.0. The SMILES string of the molecule is CC1CC1CNC(=O)C1CC2CCCCC2N1.Cl. The molecule has 1 heterocycles. The van der Waals surface area contributed by atoms with Gasteiger partial charge in [-0.15, -0.1) is 12.4 Å².